The lowest BCUT2D eigenvalue weighted by molar-refractivity contribution is -0.129. The van der Waals surface area contributed by atoms with Gasteiger partial charge in [-0.2, -0.15) is 10.5 Å². The Balaban J connectivity index is 2.01. The Morgan fingerprint density at radius 1 is 1.18 bits per heavy atom. The van der Waals surface area contributed by atoms with E-state index >= 15 is 0 Å². The molecule has 3 rings (SSSR count). The molecule has 104 valence electrons. The smallest absolute Gasteiger partial charge is 0.365 e. The van der Waals surface area contributed by atoms with Gasteiger partial charge in [0.2, 0.25) is 5.90 Å². The molecule has 0 saturated heterocycles. The van der Waals surface area contributed by atoms with Crippen molar-refractivity contribution in [1.29, 1.82) is 10.5 Å². The molecule has 1 aromatic heterocycles. The second-order valence-electron chi connectivity index (χ2n) is 4.26. The van der Waals surface area contributed by atoms with Gasteiger partial charge in [-0.1, -0.05) is 18.2 Å². The molecule has 0 atom stereocenters. The highest BCUT2D eigenvalue weighted by Crippen LogP contribution is 2.18. The zero-order valence-electron chi connectivity index (χ0n) is 11.1. The summed E-state index contributed by atoms with van der Waals surface area (Å²) in [6.45, 7) is 0. The van der Waals surface area contributed by atoms with Crippen LogP contribution in [0.3, 0.4) is 0 Å². The minimum atomic E-state index is -0.630. The third-order valence-electron chi connectivity index (χ3n) is 2.91. The van der Waals surface area contributed by atoms with Gasteiger partial charge in [0, 0.05) is 11.8 Å². The monoisotopic (exact) mass is 289 g/mol. The van der Waals surface area contributed by atoms with Crippen LogP contribution in [0.4, 0.5) is 0 Å². The Bertz CT molecular complexity index is 894. The van der Waals surface area contributed by atoms with E-state index in [9.17, 15) is 4.79 Å². The van der Waals surface area contributed by atoms with Crippen molar-refractivity contribution < 1.29 is 9.53 Å². The molecule has 0 bridgehead atoms. The van der Waals surface area contributed by atoms with E-state index in [1.165, 1.54) is 17.1 Å². The largest absolute Gasteiger partial charge is 0.402 e. The average molecular weight is 289 g/mol. The summed E-state index contributed by atoms with van der Waals surface area (Å²) in [6.07, 6.45) is 2.58. The maximum absolute atomic E-state index is 11.9. The number of nitriles is 2. The normalized spacial score (nSPS) is 15.1. The molecule has 1 aliphatic heterocycles. The van der Waals surface area contributed by atoms with Crippen LogP contribution in [0.5, 0.6) is 0 Å². The van der Waals surface area contributed by atoms with Crippen LogP contribution in [0.1, 0.15) is 17.0 Å². The summed E-state index contributed by atoms with van der Waals surface area (Å²) in [7, 11) is 0. The lowest BCUT2D eigenvalue weighted by Gasteiger charge is -1.97. The first kappa shape index (κ1) is 13.3. The molecule has 2 heterocycles. The lowest BCUT2D eigenvalue weighted by Crippen LogP contribution is -2.05. The van der Waals surface area contributed by atoms with E-state index in [4.69, 9.17) is 15.3 Å². The molecule has 0 unspecified atom stereocenters. The van der Waals surface area contributed by atoms with Crippen molar-refractivity contribution in [2.24, 2.45) is 4.99 Å². The fourth-order valence-corrected chi connectivity index (χ4v) is 1.89. The van der Waals surface area contributed by atoms with Gasteiger partial charge in [-0.15, -0.1) is 0 Å². The van der Waals surface area contributed by atoms with Crippen molar-refractivity contribution in [1.82, 2.24) is 9.55 Å². The van der Waals surface area contributed by atoms with E-state index in [1.54, 1.807) is 30.3 Å². The molecule has 1 aliphatic rings. The number of hydrogen-bond acceptors (Lipinski definition) is 6. The van der Waals surface area contributed by atoms with Crippen LogP contribution in [0, 0.1) is 22.7 Å². The second kappa shape index (κ2) is 5.35. The molecule has 7 nitrogen and oxygen atoms in total. The van der Waals surface area contributed by atoms with Crippen LogP contribution in [0.25, 0.3) is 6.20 Å². The van der Waals surface area contributed by atoms with Crippen molar-refractivity contribution in [2.75, 3.05) is 0 Å². The van der Waals surface area contributed by atoms with Gasteiger partial charge in [-0.25, -0.2) is 14.8 Å². The van der Waals surface area contributed by atoms with Gasteiger partial charge in [0.25, 0.3) is 0 Å². The van der Waals surface area contributed by atoms with Crippen molar-refractivity contribution in [2.45, 2.75) is 0 Å². The van der Waals surface area contributed by atoms with Crippen molar-refractivity contribution in [3.63, 3.8) is 0 Å². The van der Waals surface area contributed by atoms with Gasteiger partial charge in [-0.3, -0.25) is 4.57 Å². The summed E-state index contributed by atoms with van der Waals surface area (Å²) in [5.74, 6) is -0.439. The maximum Gasteiger partial charge on any atom is 0.365 e. The number of carbonyl (C=O) groups is 1. The number of ether oxygens (including phenoxy) is 1. The highest BCUT2D eigenvalue weighted by Gasteiger charge is 2.24. The summed E-state index contributed by atoms with van der Waals surface area (Å²) in [6, 6.07) is 12.6. The SMILES string of the molecule is N#Cc1ncn(/C=C2\N=C(c3ccccc3)OC2=O)c1C#N. The van der Waals surface area contributed by atoms with Gasteiger partial charge in [0.1, 0.15) is 18.5 Å². The minimum Gasteiger partial charge on any atom is -0.402 e. The van der Waals surface area contributed by atoms with Gasteiger partial charge >= 0.3 is 5.97 Å². The van der Waals surface area contributed by atoms with Gasteiger partial charge < -0.3 is 4.74 Å². The fraction of sp³-hybridized carbons (Fsp3) is 0. The molecular weight excluding hydrogens is 282 g/mol. The highest BCUT2D eigenvalue weighted by molar-refractivity contribution is 6.12. The molecule has 1 aromatic carbocycles. The van der Waals surface area contributed by atoms with Crippen LogP contribution in [0.15, 0.2) is 47.3 Å². The fourth-order valence-electron chi connectivity index (χ4n) is 1.89. The van der Waals surface area contributed by atoms with E-state index in [2.05, 4.69) is 9.98 Å². The van der Waals surface area contributed by atoms with E-state index in [-0.39, 0.29) is 23.0 Å². The zero-order valence-corrected chi connectivity index (χ0v) is 11.1. The first-order chi connectivity index (χ1) is 10.7. The van der Waals surface area contributed by atoms with Crippen LogP contribution in [-0.4, -0.2) is 21.4 Å². The van der Waals surface area contributed by atoms with Crippen LogP contribution in [0.2, 0.25) is 0 Å². The predicted octanol–water partition coefficient (Wildman–Crippen LogP) is 1.43. The minimum absolute atomic E-state index is 0.0158. The molecule has 0 radical (unpaired) electrons. The van der Waals surface area contributed by atoms with Gasteiger partial charge in [0.15, 0.2) is 17.1 Å². The number of cyclic esters (lactones) is 1. The maximum atomic E-state index is 11.9. The topological polar surface area (TPSA) is 104 Å². The Labute approximate surface area is 125 Å². The molecule has 2 aromatic rings. The second-order valence-corrected chi connectivity index (χ2v) is 4.26. The third kappa shape index (κ3) is 2.23. The standard InChI is InChI=1S/C15H7N5O2/c16-6-11-13(7-17)20(9-18-11)8-12-15(21)22-14(19-12)10-4-2-1-3-5-10/h1-5,8-9H/b12-8-. The van der Waals surface area contributed by atoms with E-state index in [1.807, 2.05) is 12.1 Å². The zero-order chi connectivity index (χ0) is 15.5. The summed E-state index contributed by atoms with van der Waals surface area (Å²) < 4.78 is 6.37. The number of aliphatic imine (C=N–C) groups is 1. The number of esters is 1. The quantitative estimate of drug-likeness (QED) is 0.614. The number of hydrogen-bond donors (Lipinski definition) is 0. The molecule has 0 aliphatic carbocycles. The number of rotatable bonds is 2. The van der Waals surface area contributed by atoms with Crippen LogP contribution >= 0.6 is 0 Å². The average Bonchev–Trinajstić information content (AvgIpc) is 3.12. The number of imidazole rings is 1. The Hall–Kier alpha value is -3.71. The first-order valence-electron chi connectivity index (χ1n) is 6.18. The Kier molecular flexibility index (Phi) is 3.23. The molecule has 7 heteroatoms. The van der Waals surface area contributed by atoms with Gasteiger partial charge in [-0.05, 0) is 12.1 Å². The first-order valence-corrected chi connectivity index (χ1v) is 6.18. The number of carbonyl (C=O) groups excluding carboxylic acids is 1. The number of nitrogens with zero attached hydrogens (tertiary/aromatic N) is 5. The van der Waals surface area contributed by atoms with E-state index in [0.29, 0.717) is 5.56 Å². The van der Waals surface area contributed by atoms with E-state index < -0.39 is 5.97 Å². The molecule has 22 heavy (non-hydrogen) atoms. The molecule has 0 N–H and O–H groups in total. The lowest BCUT2D eigenvalue weighted by atomic mass is 10.2. The molecule has 0 fully saturated rings. The van der Waals surface area contributed by atoms with Crippen molar-refractivity contribution >= 4 is 18.1 Å². The summed E-state index contributed by atoms with van der Waals surface area (Å²) >= 11 is 0. The summed E-state index contributed by atoms with van der Waals surface area (Å²) in [4.78, 5) is 19.7. The molecule has 0 saturated carbocycles. The van der Waals surface area contributed by atoms with Gasteiger partial charge in [0.05, 0.1) is 0 Å². The van der Waals surface area contributed by atoms with Crippen molar-refractivity contribution in [3.05, 3.63) is 59.3 Å². The molecule has 0 amide bonds. The summed E-state index contributed by atoms with van der Waals surface area (Å²) in [5.41, 5.74) is 0.712. The third-order valence-corrected chi connectivity index (χ3v) is 2.91. The Morgan fingerprint density at radius 3 is 2.64 bits per heavy atom. The summed E-state index contributed by atoms with van der Waals surface area (Å²) in [5, 5.41) is 17.9. The number of aromatic nitrogens is 2. The molecule has 0 spiro atoms. The van der Waals surface area contributed by atoms with Crippen molar-refractivity contribution in [3.8, 4) is 12.1 Å². The highest BCUT2D eigenvalue weighted by atomic mass is 16.6. The van der Waals surface area contributed by atoms with E-state index in [0.717, 1.165) is 0 Å². The Morgan fingerprint density at radius 2 is 1.95 bits per heavy atom. The predicted molar refractivity (Wildman–Crippen MR) is 75.0 cm³/mol. The van der Waals surface area contributed by atoms with Crippen LogP contribution in [-0.2, 0) is 9.53 Å². The number of benzene rings is 1. The van der Waals surface area contributed by atoms with Crippen LogP contribution < -0.4 is 0 Å². The molecular formula is C15H7N5O2.